The third-order valence-corrected chi connectivity index (χ3v) is 2.84. The summed E-state index contributed by atoms with van der Waals surface area (Å²) in [6.07, 6.45) is 0. The molecule has 4 nitrogen and oxygen atoms in total. The molecule has 0 unspecified atom stereocenters. The lowest BCUT2D eigenvalue weighted by Gasteiger charge is -2.10. The standard InChI is InChI=1S/C14H23NO3/c1-12-4-3-5-14(13(12)2)18-11-10-17-9-7-15-6-8-16/h3-5,15-16H,6-11H2,1-2H3/p+1. The minimum atomic E-state index is 0.218. The van der Waals surface area contributed by atoms with Crippen LogP contribution >= 0.6 is 0 Å². The maximum Gasteiger partial charge on any atom is 0.122 e. The van der Waals surface area contributed by atoms with Gasteiger partial charge in [0.2, 0.25) is 0 Å². The number of aliphatic hydroxyl groups is 1. The average Bonchev–Trinajstić information content (AvgIpc) is 2.37. The SMILES string of the molecule is Cc1cccc(OCCOCC[NH2+]CCO)c1C. The number of aryl methyl sites for hydroxylation is 1. The molecule has 0 radical (unpaired) electrons. The van der Waals surface area contributed by atoms with Crippen LogP contribution in [0.5, 0.6) is 5.75 Å². The first-order valence-corrected chi connectivity index (χ1v) is 6.45. The van der Waals surface area contributed by atoms with Crippen molar-refractivity contribution in [2.75, 3.05) is 39.5 Å². The van der Waals surface area contributed by atoms with E-state index < -0.39 is 0 Å². The highest BCUT2D eigenvalue weighted by Gasteiger charge is 2.01. The van der Waals surface area contributed by atoms with Gasteiger partial charge in [0.1, 0.15) is 12.4 Å². The number of hydrogen-bond donors (Lipinski definition) is 2. The maximum atomic E-state index is 8.59. The molecule has 1 aromatic rings. The molecule has 1 rings (SSSR count). The Hall–Kier alpha value is -1.10. The number of quaternary nitrogens is 1. The van der Waals surface area contributed by atoms with Crippen molar-refractivity contribution in [3.63, 3.8) is 0 Å². The minimum Gasteiger partial charge on any atom is -0.491 e. The largest absolute Gasteiger partial charge is 0.491 e. The molecule has 0 saturated carbocycles. The summed E-state index contributed by atoms with van der Waals surface area (Å²) >= 11 is 0. The van der Waals surface area contributed by atoms with Crippen LogP contribution < -0.4 is 10.1 Å². The van der Waals surface area contributed by atoms with Gasteiger partial charge in [0.15, 0.2) is 0 Å². The van der Waals surface area contributed by atoms with E-state index in [1.807, 2.05) is 17.4 Å². The molecule has 0 aromatic heterocycles. The molecule has 18 heavy (non-hydrogen) atoms. The molecule has 0 heterocycles. The number of benzene rings is 1. The molecule has 0 aliphatic carbocycles. The molecule has 0 spiro atoms. The molecule has 0 atom stereocenters. The van der Waals surface area contributed by atoms with Gasteiger partial charge >= 0.3 is 0 Å². The molecule has 0 aliphatic rings. The summed E-state index contributed by atoms with van der Waals surface area (Å²) in [5.41, 5.74) is 2.43. The van der Waals surface area contributed by atoms with Gasteiger partial charge in [-0.3, -0.25) is 0 Å². The van der Waals surface area contributed by atoms with Crippen LogP contribution in [0.15, 0.2) is 18.2 Å². The zero-order valence-electron chi connectivity index (χ0n) is 11.3. The van der Waals surface area contributed by atoms with E-state index in [0.717, 1.165) is 18.8 Å². The Morgan fingerprint density at radius 3 is 2.72 bits per heavy atom. The van der Waals surface area contributed by atoms with E-state index in [2.05, 4.69) is 19.9 Å². The fraction of sp³-hybridized carbons (Fsp3) is 0.571. The monoisotopic (exact) mass is 254 g/mol. The van der Waals surface area contributed by atoms with Crippen molar-refractivity contribution >= 4 is 0 Å². The molecule has 0 bridgehead atoms. The summed E-state index contributed by atoms with van der Waals surface area (Å²) < 4.78 is 11.1. The second kappa shape index (κ2) is 8.91. The Morgan fingerprint density at radius 1 is 1.11 bits per heavy atom. The summed E-state index contributed by atoms with van der Waals surface area (Å²) in [5.74, 6) is 0.936. The molecule has 3 N–H and O–H groups in total. The first-order chi connectivity index (χ1) is 8.75. The average molecular weight is 254 g/mol. The zero-order chi connectivity index (χ0) is 13.2. The van der Waals surface area contributed by atoms with Crippen LogP contribution in [0.1, 0.15) is 11.1 Å². The Kier molecular flexibility index (Phi) is 7.41. The van der Waals surface area contributed by atoms with Gasteiger partial charge in [-0.05, 0) is 31.0 Å². The Labute approximate surface area is 109 Å². The lowest BCUT2D eigenvalue weighted by atomic mass is 10.1. The van der Waals surface area contributed by atoms with Gasteiger partial charge in [-0.1, -0.05) is 12.1 Å². The molecule has 102 valence electrons. The topological polar surface area (TPSA) is 55.3 Å². The van der Waals surface area contributed by atoms with Crippen molar-refractivity contribution < 1.29 is 19.9 Å². The third kappa shape index (κ3) is 5.49. The Balaban J connectivity index is 2.09. The number of rotatable bonds is 9. The van der Waals surface area contributed by atoms with E-state index in [4.69, 9.17) is 14.6 Å². The summed E-state index contributed by atoms with van der Waals surface area (Å²) in [5, 5.41) is 10.6. The Bertz CT molecular complexity index is 342. The fourth-order valence-electron chi connectivity index (χ4n) is 1.60. The molecule has 0 fully saturated rings. The molecule has 0 amide bonds. The zero-order valence-corrected chi connectivity index (χ0v) is 11.3. The second-order valence-electron chi connectivity index (χ2n) is 4.25. The third-order valence-electron chi connectivity index (χ3n) is 2.84. The highest BCUT2D eigenvalue weighted by molar-refractivity contribution is 5.38. The van der Waals surface area contributed by atoms with Crippen molar-refractivity contribution in [2.45, 2.75) is 13.8 Å². The lowest BCUT2D eigenvalue weighted by molar-refractivity contribution is -0.657. The van der Waals surface area contributed by atoms with Gasteiger partial charge in [0.05, 0.1) is 32.9 Å². The van der Waals surface area contributed by atoms with Gasteiger partial charge in [-0.25, -0.2) is 0 Å². The maximum absolute atomic E-state index is 8.59. The van der Waals surface area contributed by atoms with E-state index in [9.17, 15) is 0 Å². The first-order valence-electron chi connectivity index (χ1n) is 6.45. The van der Waals surface area contributed by atoms with Crippen molar-refractivity contribution in [3.8, 4) is 5.75 Å². The highest BCUT2D eigenvalue weighted by Crippen LogP contribution is 2.20. The summed E-state index contributed by atoms with van der Waals surface area (Å²) in [6.45, 7) is 7.84. The van der Waals surface area contributed by atoms with Crippen molar-refractivity contribution in [1.29, 1.82) is 0 Å². The number of hydrogen-bond acceptors (Lipinski definition) is 3. The van der Waals surface area contributed by atoms with Gasteiger partial charge in [-0.15, -0.1) is 0 Å². The van der Waals surface area contributed by atoms with Crippen molar-refractivity contribution in [3.05, 3.63) is 29.3 Å². The molecule has 4 heteroatoms. The van der Waals surface area contributed by atoms with Gasteiger partial charge in [0.25, 0.3) is 0 Å². The molecule has 1 aromatic carbocycles. The van der Waals surface area contributed by atoms with Crippen LogP contribution in [0, 0.1) is 13.8 Å². The van der Waals surface area contributed by atoms with Gasteiger partial charge in [0, 0.05) is 0 Å². The second-order valence-corrected chi connectivity index (χ2v) is 4.25. The molecule has 0 saturated heterocycles. The van der Waals surface area contributed by atoms with E-state index in [0.29, 0.717) is 19.8 Å². The van der Waals surface area contributed by atoms with Crippen LogP contribution in [0.3, 0.4) is 0 Å². The van der Waals surface area contributed by atoms with Crippen molar-refractivity contribution in [1.82, 2.24) is 0 Å². The van der Waals surface area contributed by atoms with E-state index >= 15 is 0 Å². The Morgan fingerprint density at radius 2 is 1.94 bits per heavy atom. The quantitative estimate of drug-likeness (QED) is 0.621. The number of nitrogens with two attached hydrogens (primary N) is 1. The fourth-order valence-corrected chi connectivity index (χ4v) is 1.60. The van der Waals surface area contributed by atoms with Crippen LogP contribution in [0.25, 0.3) is 0 Å². The normalized spacial score (nSPS) is 10.6. The molecule has 0 aliphatic heterocycles. The summed E-state index contributed by atoms with van der Waals surface area (Å²) in [7, 11) is 0. The number of aliphatic hydroxyl groups excluding tert-OH is 1. The highest BCUT2D eigenvalue weighted by atomic mass is 16.5. The molecular weight excluding hydrogens is 230 g/mol. The number of ether oxygens (including phenoxy) is 2. The smallest absolute Gasteiger partial charge is 0.122 e. The summed E-state index contributed by atoms with van der Waals surface area (Å²) in [6, 6.07) is 6.06. The van der Waals surface area contributed by atoms with Crippen LogP contribution in [-0.2, 0) is 4.74 Å². The van der Waals surface area contributed by atoms with Crippen LogP contribution in [-0.4, -0.2) is 44.6 Å². The van der Waals surface area contributed by atoms with Crippen molar-refractivity contribution in [2.24, 2.45) is 0 Å². The predicted molar refractivity (Wildman–Crippen MR) is 71.0 cm³/mol. The van der Waals surface area contributed by atoms with Crippen LogP contribution in [0.4, 0.5) is 0 Å². The van der Waals surface area contributed by atoms with E-state index in [-0.39, 0.29) is 6.61 Å². The first kappa shape index (κ1) is 15.0. The van der Waals surface area contributed by atoms with E-state index in [1.165, 1.54) is 11.1 Å². The summed E-state index contributed by atoms with van der Waals surface area (Å²) in [4.78, 5) is 0. The van der Waals surface area contributed by atoms with Crippen LogP contribution in [0.2, 0.25) is 0 Å². The predicted octanol–water partition coefficient (Wildman–Crippen LogP) is 0.255. The molecular formula is C14H24NO3+. The van der Waals surface area contributed by atoms with Gasteiger partial charge in [-0.2, -0.15) is 0 Å². The lowest BCUT2D eigenvalue weighted by Crippen LogP contribution is -2.86. The minimum absolute atomic E-state index is 0.218. The van der Waals surface area contributed by atoms with Gasteiger partial charge < -0.3 is 19.9 Å². The van der Waals surface area contributed by atoms with E-state index in [1.54, 1.807) is 0 Å².